The lowest BCUT2D eigenvalue weighted by atomic mass is 10.2. The lowest BCUT2D eigenvalue weighted by molar-refractivity contribution is 1.60. The third-order valence-corrected chi connectivity index (χ3v) is 1.71. The van der Waals surface area contributed by atoms with E-state index in [0.29, 0.717) is 0 Å². The van der Waals surface area contributed by atoms with Crippen molar-refractivity contribution in [3.8, 4) is 0 Å². The van der Waals surface area contributed by atoms with Gasteiger partial charge in [-0.3, -0.25) is 0 Å². The van der Waals surface area contributed by atoms with Gasteiger partial charge in [0.1, 0.15) is 0 Å². The summed E-state index contributed by atoms with van der Waals surface area (Å²) in [5.74, 6) is 0. The minimum Gasteiger partial charge on any atom is -0.0985 e. The van der Waals surface area contributed by atoms with E-state index in [9.17, 15) is 0 Å². The molecule has 1 aromatic carbocycles. The number of hydrogen-bond acceptors (Lipinski definition) is 0. The second-order valence-corrected chi connectivity index (χ2v) is 2.84. The Bertz CT molecular complexity index is 198. The van der Waals surface area contributed by atoms with Crippen molar-refractivity contribution < 1.29 is 0 Å². The summed E-state index contributed by atoms with van der Waals surface area (Å²) in [5.41, 5.74) is 1.12. The van der Waals surface area contributed by atoms with Crippen LogP contribution < -0.4 is 0 Å². The highest BCUT2D eigenvalue weighted by molar-refractivity contribution is 14.1. The van der Waals surface area contributed by atoms with Gasteiger partial charge in [-0.25, -0.2) is 0 Å². The average Bonchev–Trinajstić information content (AvgIpc) is 1.90. The van der Waals surface area contributed by atoms with Crippen LogP contribution in [0.3, 0.4) is 0 Å². The van der Waals surface area contributed by atoms with Crippen molar-refractivity contribution in [3.05, 3.63) is 40.0 Å². The fourth-order valence-corrected chi connectivity index (χ4v) is 0.880. The van der Waals surface area contributed by atoms with Crippen LogP contribution in [0, 0.1) is 9.64 Å². The third kappa shape index (κ3) is 1.82. The molecule has 1 rings (SSSR count). The molecule has 45 valence electrons. The van der Waals surface area contributed by atoms with Gasteiger partial charge in [0.2, 0.25) is 0 Å². The Balaban J connectivity index is 3.01. The first-order valence-electron chi connectivity index (χ1n) is 2.62. The zero-order chi connectivity index (χ0) is 6.69. The largest absolute Gasteiger partial charge is 0.0985 e. The van der Waals surface area contributed by atoms with Crippen molar-refractivity contribution >= 4 is 28.7 Å². The summed E-state index contributed by atoms with van der Waals surface area (Å²) in [6, 6.07) is 9.02. The van der Waals surface area contributed by atoms with Crippen LogP contribution in [0.25, 0.3) is 6.08 Å². The van der Waals surface area contributed by atoms with Crippen molar-refractivity contribution in [2.24, 2.45) is 0 Å². The maximum absolute atomic E-state index is 3.64. The normalized spacial score (nSPS) is 9.00. The summed E-state index contributed by atoms with van der Waals surface area (Å²) < 4.78 is 1.14. The summed E-state index contributed by atoms with van der Waals surface area (Å²) in [7, 11) is 0. The molecule has 0 aliphatic rings. The fraction of sp³-hybridized carbons (Fsp3) is 0. The first-order valence-corrected chi connectivity index (χ1v) is 3.70. The van der Waals surface area contributed by atoms with E-state index in [-0.39, 0.29) is 0 Å². The van der Waals surface area contributed by atoms with Gasteiger partial charge in [0.05, 0.1) is 0 Å². The van der Waals surface area contributed by atoms with Gasteiger partial charge < -0.3 is 0 Å². The molecule has 0 bridgehead atoms. The van der Waals surface area contributed by atoms with Crippen molar-refractivity contribution in [2.75, 3.05) is 0 Å². The summed E-state index contributed by atoms with van der Waals surface area (Å²) in [5, 5.41) is 0. The van der Waals surface area contributed by atoms with Crippen LogP contribution in [-0.2, 0) is 0 Å². The minimum absolute atomic E-state index is 1.12. The predicted molar refractivity (Wildman–Crippen MR) is 48.1 cm³/mol. The van der Waals surface area contributed by atoms with Crippen LogP contribution >= 0.6 is 22.6 Å². The van der Waals surface area contributed by atoms with Crippen LogP contribution in [0.1, 0.15) is 5.56 Å². The van der Waals surface area contributed by atoms with Gasteiger partial charge in [-0.2, -0.15) is 0 Å². The Labute approximate surface area is 68.7 Å². The summed E-state index contributed by atoms with van der Waals surface area (Å²) in [6.45, 7) is 3.64. The van der Waals surface area contributed by atoms with E-state index in [0.717, 1.165) is 9.13 Å². The average molecular weight is 229 g/mol. The molecule has 0 amide bonds. The molecule has 0 unspecified atom stereocenters. The third-order valence-electron chi connectivity index (χ3n) is 1.03. The number of halogens is 1. The molecule has 0 aromatic heterocycles. The van der Waals surface area contributed by atoms with Gasteiger partial charge in [0, 0.05) is 3.57 Å². The lowest BCUT2D eigenvalue weighted by Gasteiger charge is -1.89. The Morgan fingerprint density at radius 2 is 2.33 bits per heavy atom. The monoisotopic (exact) mass is 229 g/mol. The Morgan fingerprint density at radius 3 is 2.78 bits per heavy atom. The number of hydrogen-bond donors (Lipinski definition) is 0. The second kappa shape index (κ2) is 3.01. The summed E-state index contributed by atoms with van der Waals surface area (Å²) in [6.07, 6.45) is 1.81. The fourth-order valence-electron chi connectivity index (χ4n) is 0.545. The van der Waals surface area contributed by atoms with Gasteiger partial charge in [0.15, 0.2) is 0 Å². The standard InChI is InChI=1S/C8H6I/c1-2-7-3-5-8(9)6-4-7/h2-5H,1H2. The molecule has 0 atom stereocenters. The molecule has 0 heterocycles. The molecule has 0 saturated carbocycles. The molecule has 0 aliphatic heterocycles. The minimum atomic E-state index is 1.12. The smallest absolute Gasteiger partial charge is 0.0209 e. The molecule has 0 aliphatic carbocycles. The zero-order valence-electron chi connectivity index (χ0n) is 4.89. The van der Waals surface area contributed by atoms with E-state index < -0.39 is 0 Å². The quantitative estimate of drug-likeness (QED) is 0.649. The van der Waals surface area contributed by atoms with Crippen LogP contribution in [0.4, 0.5) is 0 Å². The highest BCUT2D eigenvalue weighted by Gasteiger charge is 1.84. The highest BCUT2D eigenvalue weighted by atomic mass is 127. The van der Waals surface area contributed by atoms with Gasteiger partial charge in [-0.15, -0.1) is 0 Å². The second-order valence-electron chi connectivity index (χ2n) is 1.67. The van der Waals surface area contributed by atoms with E-state index in [2.05, 4.69) is 35.2 Å². The summed E-state index contributed by atoms with van der Waals surface area (Å²) in [4.78, 5) is 0. The van der Waals surface area contributed by atoms with Crippen molar-refractivity contribution in [1.82, 2.24) is 0 Å². The molecular weight excluding hydrogens is 223 g/mol. The van der Waals surface area contributed by atoms with Crippen LogP contribution in [0.2, 0.25) is 0 Å². The van der Waals surface area contributed by atoms with E-state index >= 15 is 0 Å². The summed E-state index contributed by atoms with van der Waals surface area (Å²) >= 11 is 2.22. The van der Waals surface area contributed by atoms with Crippen molar-refractivity contribution in [3.63, 3.8) is 0 Å². The lowest BCUT2D eigenvalue weighted by Crippen LogP contribution is -1.71. The van der Waals surface area contributed by atoms with E-state index in [1.54, 1.807) is 0 Å². The van der Waals surface area contributed by atoms with Crippen LogP contribution in [-0.4, -0.2) is 0 Å². The van der Waals surface area contributed by atoms with Gasteiger partial charge in [0.25, 0.3) is 0 Å². The topological polar surface area (TPSA) is 0 Å². The number of rotatable bonds is 1. The SMILES string of the molecule is C=Cc1c[c]c(I)cc1. The Kier molecular flexibility index (Phi) is 2.28. The zero-order valence-corrected chi connectivity index (χ0v) is 7.05. The molecule has 0 saturated heterocycles. The first kappa shape index (κ1) is 6.81. The van der Waals surface area contributed by atoms with E-state index in [1.165, 1.54) is 0 Å². The Hall–Kier alpha value is -0.310. The van der Waals surface area contributed by atoms with Crippen LogP contribution in [0.5, 0.6) is 0 Å². The molecule has 1 aromatic rings. The molecule has 0 N–H and O–H groups in total. The van der Waals surface area contributed by atoms with E-state index in [1.807, 2.05) is 24.3 Å². The first-order chi connectivity index (χ1) is 4.33. The van der Waals surface area contributed by atoms with Gasteiger partial charge >= 0.3 is 0 Å². The predicted octanol–water partition coefficient (Wildman–Crippen LogP) is 2.73. The van der Waals surface area contributed by atoms with E-state index in [4.69, 9.17) is 0 Å². The molecule has 0 nitrogen and oxygen atoms in total. The molecular formula is C8H6I. The molecule has 0 spiro atoms. The van der Waals surface area contributed by atoms with Crippen LogP contribution in [0.15, 0.2) is 24.8 Å². The molecule has 1 radical (unpaired) electrons. The molecule has 9 heavy (non-hydrogen) atoms. The molecule has 1 heteroatoms. The Morgan fingerprint density at radius 1 is 1.56 bits per heavy atom. The number of benzene rings is 1. The maximum Gasteiger partial charge on any atom is 0.0209 e. The van der Waals surface area contributed by atoms with Crippen molar-refractivity contribution in [2.45, 2.75) is 0 Å². The molecule has 0 fully saturated rings. The van der Waals surface area contributed by atoms with Crippen molar-refractivity contribution in [1.29, 1.82) is 0 Å². The van der Waals surface area contributed by atoms with Gasteiger partial charge in [-0.05, 0) is 46.4 Å². The highest BCUT2D eigenvalue weighted by Crippen LogP contribution is 2.05. The maximum atomic E-state index is 3.64. The van der Waals surface area contributed by atoms with Gasteiger partial charge in [-0.1, -0.05) is 18.7 Å².